The van der Waals surface area contributed by atoms with Gasteiger partial charge in [0.15, 0.2) is 0 Å². The fraction of sp³-hybridized carbons (Fsp3) is 0.900. The van der Waals surface area contributed by atoms with E-state index in [1.54, 1.807) is 0 Å². The van der Waals surface area contributed by atoms with Gasteiger partial charge in [-0.1, -0.05) is 20.8 Å². The maximum Gasteiger partial charge on any atom is 0.248 e. The molecule has 0 aliphatic heterocycles. The summed E-state index contributed by atoms with van der Waals surface area (Å²) in [5.74, 6) is -2.69. The summed E-state index contributed by atoms with van der Waals surface area (Å²) in [5.41, 5.74) is -0.986. The van der Waals surface area contributed by atoms with Crippen LogP contribution in [0.15, 0.2) is 0 Å². The van der Waals surface area contributed by atoms with Crippen molar-refractivity contribution in [1.29, 1.82) is 0 Å². The van der Waals surface area contributed by atoms with E-state index in [0.29, 0.717) is 6.42 Å². The van der Waals surface area contributed by atoms with Crippen molar-refractivity contribution in [3.63, 3.8) is 0 Å². The lowest BCUT2D eigenvalue weighted by Gasteiger charge is -2.20. The molecular formula is C10H16F2O. The first-order chi connectivity index (χ1) is 5.79. The fourth-order valence-corrected chi connectivity index (χ4v) is 1.88. The highest BCUT2D eigenvalue weighted by molar-refractivity contribution is 5.66. The maximum absolute atomic E-state index is 13.1. The van der Waals surface area contributed by atoms with Crippen molar-refractivity contribution in [3.05, 3.63) is 0 Å². The molecule has 3 heteroatoms. The third-order valence-electron chi connectivity index (χ3n) is 3.30. The first-order valence-electron chi connectivity index (χ1n) is 4.63. The largest absolute Gasteiger partial charge is 0.303 e. The second kappa shape index (κ2) is 2.76. The number of rotatable bonds is 4. The van der Waals surface area contributed by atoms with E-state index < -0.39 is 11.3 Å². The maximum atomic E-state index is 13.1. The SMILES string of the molecule is CCC(F)(F)CC1(C=O)CC1(C)C. The zero-order valence-electron chi connectivity index (χ0n) is 8.36. The Morgan fingerprint density at radius 1 is 1.46 bits per heavy atom. The normalized spacial score (nSPS) is 31.5. The molecule has 0 bridgehead atoms. The van der Waals surface area contributed by atoms with Crippen LogP contribution < -0.4 is 0 Å². The van der Waals surface area contributed by atoms with Crippen LogP contribution in [-0.4, -0.2) is 12.2 Å². The molecule has 0 heterocycles. The average Bonchev–Trinajstić information content (AvgIpc) is 2.53. The molecule has 0 amide bonds. The lowest BCUT2D eigenvalue weighted by Crippen LogP contribution is -2.24. The molecule has 1 rings (SSSR count). The van der Waals surface area contributed by atoms with E-state index in [1.165, 1.54) is 6.92 Å². The quantitative estimate of drug-likeness (QED) is 0.623. The Labute approximate surface area is 77.5 Å². The number of carbonyl (C=O) groups excluding carboxylic acids is 1. The van der Waals surface area contributed by atoms with Gasteiger partial charge in [-0.3, -0.25) is 0 Å². The lowest BCUT2D eigenvalue weighted by molar-refractivity contribution is -0.118. The van der Waals surface area contributed by atoms with Crippen molar-refractivity contribution in [3.8, 4) is 0 Å². The highest BCUT2D eigenvalue weighted by Crippen LogP contribution is 2.66. The van der Waals surface area contributed by atoms with Gasteiger partial charge < -0.3 is 4.79 Å². The molecule has 1 unspecified atom stereocenters. The molecule has 1 saturated carbocycles. The van der Waals surface area contributed by atoms with Crippen molar-refractivity contribution in [2.75, 3.05) is 0 Å². The second-order valence-corrected chi connectivity index (χ2v) is 4.72. The molecule has 1 atom stereocenters. The summed E-state index contributed by atoms with van der Waals surface area (Å²) in [6.45, 7) is 5.19. The van der Waals surface area contributed by atoms with Crippen LogP contribution in [0.2, 0.25) is 0 Å². The van der Waals surface area contributed by atoms with E-state index >= 15 is 0 Å². The number of aldehydes is 1. The Kier molecular flexibility index (Phi) is 2.25. The van der Waals surface area contributed by atoms with E-state index in [9.17, 15) is 13.6 Å². The molecule has 0 aromatic carbocycles. The molecule has 13 heavy (non-hydrogen) atoms. The molecule has 0 spiro atoms. The van der Waals surface area contributed by atoms with Crippen molar-refractivity contribution in [2.45, 2.75) is 46.0 Å². The molecule has 1 aliphatic carbocycles. The minimum Gasteiger partial charge on any atom is -0.303 e. The fourth-order valence-electron chi connectivity index (χ4n) is 1.88. The third-order valence-corrected chi connectivity index (χ3v) is 3.30. The average molecular weight is 190 g/mol. The summed E-state index contributed by atoms with van der Waals surface area (Å²) < 4.78 is 26.1. The summed E-state index contributed by atoms with van der Waals surface area (Å²) in [6.07, 6.45) is 0.849. The van der Waals surface area contributed by atoms with Gasteiger partial charge in [-0.15, -0.1) is 0 Å². The van der Waals surface area contributed by atoms with Gasteiger partial charge in [-0.2, -0.15) is 0 Å². The van der Waals surface area contributed by atoms with E-state index in [0.717, 1.165) is 6.29 Å². The number of halogens is 2. The number of hydrogen-bond donors (Lipinski definition) is 0. The summed E-state index contributed by atoms with van der Waals surface area (Å²) in [5, 5.41) is 0. The van der Waals surface area contributed by atoms with Gasteiger partial charge in [0.2, 0.25) is 5.92 Å². The molecular weight excluding hydrogens is 174 g/mol. The first-order valence-corrected chi connectivity index (χ1v) is 4.63. The van der Waals surface area contributed by atoms with Crippen LogP contribution in [0, 0.1) is 10.8 Å². The number of alkyl halides is 2. The smallest absolute Gasteiger partial charge is 0.248 e. The van der Waals surface area contributed by atoms with E-state index in [1.807, 2.05) is 13.8 Å². The molecule has 0 aromatic rings. The minimum atomic E-state index is -2.69. The Bertz CT molecular complexity index is 223. The Balaban J connectivity index is 2.69. The zero-order valence-corrected chi connectivity index (χ0v) is 8.36. The van der Waals surface area contributed by atoms with Crippen LogP contribution in [0.1, 0.15) is 40.0 Å². The topological polar surface area (TPSA) is 17.1 Å². The zero-order chi connectivity index (χ0) is 10.3. The summed E-state index contributed by atoms with van der Waals surface area (Å²) in [4.78, 5) is 10.8. The lowest BCUT2D eigenvalue weighted by atomic mass is 9.90. The van der Waals surface area contributed by atoms with Crippen LogP contribution in [0.25, 0.3) is 0 Å². The standard InChI is InChI=1S/C10H16F2O/c1-4-10(11,12)6-9(7-13)5-8(9,2)3/h7H,4-6H2,1-3H3. The number of hydrogen-bond acceptors (Lipinski definition) is 1. The molecule has 76 valence electrons. The van der Waals surface area contributed by atoms with E-state index in [2.05, 4.69) is 0 Å². The van der Waals surface area contributed by atoms with Crippen LogP contribution in [0.5, 0.6) is 0 Å². The van der Waals surface area contributed by atoms with Gasteiger partial charge in [0, 0.05) is 18.3 Å². The van der Waals surface area contributed by atoms with Gasteiger partial charge in [-0.25, -0.2) is 8.78 Å². The molecule has 0 saturated heterocycles. The van der Waals surface area contributed by atoms with E-state index in [4.69, 9.17) is 0 Å². The van der Waals surface area contributed by atoms with Gasteiger partial charge in [0.25, 0.3) is 0 Å². The van der Waals surface area contributed by atoms with Crippen molar-refractivity contribution in [1.82, 2.24) is 0 Å². The predicted octanol–water partition coefficient (Wildman–Crippen LogP) is 3.04. The molecule has 1 nitrogen and oxygen atoms in total. The predicted molar refractivity (Wildman–Crippen MR) is 46.8 cm³/mol. The molecule has 1 fully saturated rings. The molecule has 0 N–H and O–H groups in total. The van der Waals surface area contributed by atoms with Crippen LogP contribution in [0.4, 0.5) is 8.78 Å². The third kappa shape index (κ3) is 1.74. The minimum absolute atomic E-state index is 0.182. The monoisotopic (exact) mass is 190 g/mol. The summed E-state index contributed by atoms with van der Waals surface area (Å²) in [6, 6.07) is 0. The molecule has 0 radical (unpaired) electrons. The van der Waals surface area contributed by atoms with Crippen LogP contribution in [0.3, 0.4) is 0 Å². The number of carbonyl (C=O) groups is 1. The molecule has 1 aliphatic rings. The summed E-state index contributed by atoms with van der Waals surface area (Å²) in [7, 11) is 0. The molecule has 0 aromatic heterocycles. The first kappa shape index (κ1) is 10.6. The van der Waals surface area contributed by atoms with Gasteiger partial charge >= 0.3 is 0 Å². The van der Waals surface area contributed by atoms with Gasteiger partial charge in [0.05, 0.1) is 0 Å². The van der Waals surface area contributed by atoms with Crippen molar-refractivity contribution in [2.24, 2.45) is 10.8 Å². The Hall–Kier alpha value is -0.470. The van der Waals surface area contributed by atoms with Gasteiger partial charge in [0.1, 0.15) is 6.29 Å². The highest BCUT2D eigenvalue weighted by Gasteiger charge is 2.64. The van der Waals surface area contributed by atoms with Crippen LogP contribution in [-0.2, 0) is 4.79 Å². The Morgan fingerprint density at radius 2 is 1.92 bits per heavy atom. The van der Waals surface area contributed by atoms with Crippen molar-refractivity contribution >= 4 is 6.29 Å². The second-order valence-electron chi connectivity index (χ2n) is 4.72. The highest BCUT2D eigenvalue weighted by atomic mass is 19.3. The van der Waals surface area contributed by atoms with Crippen molar-refractivity contribution < 1.29 is 13.6 Å². The van der Waals surface area contributed by atoms with Crippen LogP contribution >= 0.6 is 0 Å². The Morgan fingerprint density at radius 3 is 2.15 bits per heavy atom. The van der Waals surface area contributed by atoms with Gasteiger partial charge in [-0.05, 0) is 11.8 Å². The van der Waals surface area contributed by atoms with E-state index in [-0.39, 0.29) is 18.3 Å². The summed E-state index contributed by atoms with van der Waals surface area (Å²) >= 11 is 0.